The minimum absolute atomic E-state index is 0. The molecule has 0 bridgehead atoms. The Morgan fingerprint density at radius 1 is 1.27 bits per heavy atom. The van der Waals surface area contributed by atoms with E-state index in [4.69, 9.17) is 0 Å². The monoisotopic (exact) mass is 430 g/mol. The molecule has 0 aliphatic carbocycles. The maximum absolute atomic E-state index is 4.33. The summed E-state index contributed by atoms with van der Waals surface area (Å²) in [6, 6.07) is 10.3. The Hall–Kier alpha value is -1.15. The summed E-state index contributed by atoms with van der Waals surface area (Å²) in [6.45, 7) is 1.80. The molecule has 0 fully saturated rings. The van der Waals surface area contributed by atoms with Crippen LogP contribution in [0.1, 0.15) is 10.6 Å². The smallest absolute Gasteiger partial charge is 0.193 e. The van der Waals surface area contributed by atoms with Gasteiger partial charge in [-0.3, -0.25) is 9.98 Å². The molecule has 22 heavy (non-hydrogen) atoms. The molecule has 1 N–H and O–H groups in total. The van der Waals surface area contributed by atoms with Crippen LogP contribution in [0.15, 0.2) is 46.9 Å². The molecule has 0 atom stereocenters. The van der Waals surface area contributed by atoms with E-state index >= 15 is 0 Å². The van der Waals surface area contributed by atoms with Gasteiger partial charge in [-0.15, -0.1) is 35.3 Å². The molecule has 120 valence electrons. The van der Waals surface area contributed by atoms with Crippen molar-refractivity contribution in [3.05, 3.63) is 52.5 Å². The molecular formula is C16H23IN4S. The number of aromatic nitrogens is 1. The lowest BCUT2D eigenvalue weighted by Gasteiger charge is -2.21. The minimum atomic E-state index is 0. The molecule has 0 saturated heterocycles. The fourth-order valence-corrected chi connectivity index (χ4v) is 2.77. The Morgan fingerprint density at radius 2 is 2.14 bits per heavy atom. The Kier molecular flexibility index (Phi) is 9.07. The van der Waals surface area contributed by atoms with Crippen molar-refractivity contribution in [2.75, 3.05) is 27.2 Å². The molecular weight excluding hydrogens is 407 g/mol. The molecule has 0 radical (unpaired) electrons. The molecule has 0 spiro atoms. The van der Waals surface area contributed by atoms with Crippen LogP contribution in [-0.4, -0.2) is 43.0 Å². The van der Waals surface area contributed by atoms with Crippen molar-refractivity contribution in [2.24, 2.45) is 4.99 Å². The molecule has 6 heteroatoms. The summed E-state index contributed by atoms with van der Waals surface area (Å²) in [7, 11) is 3.90. The number of nitrogens with zero attached hydrogens (tertiary/aromatic N) is 3. The molecule has 4 nitrogen and oxygen atoms in total. The predicted octanol–water partition coefficient (Wildman–Crippen LogP) is 3.05. The van der Waals surface area contributed by atoms with Crippen LogP contribution in [0.5, 0.6) is 0 Å². The summed E-state index contributed by atoms with van der Waals surface area (Å²) in [4.78, 5) is 12.2. The molecule has 0 aliphatic heterocycles. The van der Waals surface area contributed by atoms with Crippen molar-refractivity contribution in [2.45, 2.75) is 12.8 Å². The number of nitrogens with one attached hydrogen (secondary N) is 1. The van der Waals surface area contributed by atoms with Crippen LogP contribution >= 0.6 is 35.3 Å². The maximum atomic E-state index is 4.33. The van der Waals surface area contributed by atoms with Gasteiger partial charge in [-0.05, 0) is 30.0 Å². The van der Waals surface area contributed by atoms with Crippen LogP contribution in [0.3, 0.4) is 0 Å². The third-order valence-corrected chi connectivity index (χ3v) is 4.17. The summed E-state index contributed by atoms with van der Waals surface area (Å²) < 4.78 is 0. The summed E-state index contributed by atoms with van der Waals surface area (Å²) in [5, 5.41) is 5.51. The fraction of sp³-hybridized carbons (Fsp3) is 0.375. The maximum Gasteiger partial charge on any atom is 0.193 e. The van der Waals surface area contributed by atoms with Crippen molar-refractivity contribution in [1.29, 1.82) is 0 Å². The van der Waals surface area contributed by atoms with E-state index in [0.717, 1.165) is 37.6 Å². The highest BCUT2D eigenvalue weighted by Gasteiger charge is 2.06. The number of hydrogen-bond acceptors (Lipinski definition) is 3. The Labute approximate surface area is 153 Å². The number of halogens is 1. The highest BCUT2D eigenvalue weighted by molar-refractivity contribution is 14.0. The van der Waals surface area contributed by atoms with Crippen molar-refractivity contribution in [3.63, 3.8) is 0 Å². The SMILES string of the molecule is CN=C(NCCc1ccccn1)N(C)CCc1cccs1.I. The molecule has 0 aromatic carbocycles. The lowest BCUT2D eigenvalue weighted by atomic mass is 10.3. The van der Waals surface area contributed by atoms with E-state index in [1.54, 1.807) is 11.3 Å². The first-order chi connectivity index (χ1) is 10.3. The zero-order valence-electron chi connectivity index (χ0n) is 13.0. The fourth-order valence-electron chi connectivity index (χ4n) is 2.07. The Bertz CT molecular complexity index is 543. The molecule has 0 amide bonds. The lowest BCUT2D eigenvalue weighted by molar-refractivity contribution is 0.487. The molecule has 2 rings (SSSR count). The summed E-state index contributed by atoms with van der Waals surface area (Å²) in [5.41, 5.74) is 1.10. The van der Waals surface area contributed by atoms with Gasteiger partial charge in [0.25, 0.3) is 0 Å². The van der Waals surface area contributed by atoms with Crippen molar-refractivity contribution in [1.82, 2.24) is 15.2 Å². The van der Waals surface area contributed by atoms with Gasteiger partial charge >= 0.3 is 0 Å². The van der Waals surface area contributed by atoms with E-state index < -0.39 is 0 Å². The summed E-state index contributed by atoms with van der Waals surface area (Å²) >= 11 is 1.80. The average Bonchev–Trinajstić information content (AvgIpc) is 3.04. The van der Waals surface area contributed by atoms with Crippen molar-refractivity contribution in [3.8, 4) is 0 Å². The normalized spacial score (nSPS) is 10.9. The molecule has 2 aromatic rings. The summed E-state index contributed by atoms with van der Waals surface area (Å²) in [6.07, 6.45) is 3.78. The van der Waals surface area contributed by atoms with Gasteiger partial charge in [-0.25, -0.2) is 0 Å². The van der Waals surface area contributed by atoms with Crippen LogP contribution in [0.2, 0.25) is 0 Å². The number of guanidine groups is 1. The van der Waals surface area contributed by atoms with Gasteiger partial charge in [0, 0.05) is 50.4 Å². The highest BCUT2D eigenvalue weighted by Crippen LogP contribution is 2.09. The van der Waals surface area contributed by atoms with E-state index in [-0.39, 0.29) is 24.0 Å². The van der Waals surface area contributed by atoms with Crippen molar-refractivity contribution < 1.29 is 0 Å². The van der Waals surface area contributed by atoms with E-state index in [1.807, 2.05) is 31.4 Å². The highest BCUT2D eigenvalue weighted by atomic mass is 127. The second kappa shape index (κ2) is 10.6. The number of aliphatic imine (C=N–C) groups is 1. The summed E-state index contributed by atoms with van der Waals surface area (Å²) in [5.74, 6) is 0.933. The van der Waals surface area contributed by atoms with Crippen LogP contribution < -0.4 is 5.32 Å². The average molecular weight is 430 g/mol. The van der Waals surface area contributed by atoms with Crippen LogP contribution in [0, 0.1) is 0 Å². The molecule has 0 aliphatic rings. The van der Waals surface area contributed by atoms with Gasteiger partial charge in [0.1, 0.15) is 0 Å². The van der Waals surface area contributed by atoms with Crippen LogP contribution in [0.25, 0.3) is 0 Å². The van der Waals surface area contributed by atoms with Crippen LogP contribution in [0.4, 0.5) is 0 Å². The second-order valence-electron chi connectivity index (χ2n) is 4.80. The zero-order chi connectivity index (χ0) is 14.9. The largest absolute Gasteiger partial charge is 0.356 e. The first-order valence-electron chi connectivity index (χ1n) is 7.13. The first-order valence-corrected chi connectivity index (χ1v) is 8.01. The van der Waals surface area contributed by atoms with Gasteiger partial charge in [0.2, 0.25) is 0 Å². The third-order valence-electron chi connectivity index (χ3n) is 3.24. The standard InChI is InChI=1S/C16H22N4S.HI/c1-17-16(19-11-8-14-6-3-4-10-18-14)20(2)12-9-15-7-5-13-21-15;/h3-7,10,13H,8-9,11-12H2,1-2H3,(H,17,19);1H. The molecule has 0 unspecified atom stereocenters. The van der Waals surface area contributed by atoms with Crippen LogP contribution in [-0.2, 0) is 12.8 Å². The topological polar surface area (TPSA) is 40.5 Å². The van der Waals surface area contributed by atoms with E-state index in [0.29, 0.717) is 0 Å². The molecule has 2 heterocycles. The van der Waals surface area contributed by atoms with Gasteiger partial charge < -0.3 is 10.2 Å². The predicted molar refractivity (Wildman–Crippen MR) is 105 cm³/mol. The molecule has 2 aromatic heterocycles. The number of hydrogen-bond donors (Lipinski definition) is 1. The van der Waals surface area contributed by atoms with E-state index in [2.05, 4.69) is 44.8 Å². The number of rotatable bonds is 6. The van der Waals surface area contributed by atoms with Gasteiger partial charge in [0.05, 0.1) is 0 Å². The number of thiophene rings is 1. The van der Waals surface area contributed by atoms with E-state index in [9.17, 15) is 0 Å². The second-order valence-corrected chi connectivity index (χ2v) is 5.83. The minimum Gasteiger partial charge on any atom is -0.356 e. The third kappa shape index (κ3) is 6.31. The quantitative estimate of drug-likeness (QED) is 0.435. The lowest BCUT2D eigenvalue weighted by Crippen LogP contribution is -2.40. The van der Waals surface area contributed by atoms with Gasteiger partial charge in [-0.2, -0.15) is 0 Å². The van der Waals surface area contributed by atoms with Gasteiger partial charge in [0.15, 0.2) is 5.96 Å². The zero-order valence-corrected chi connectivity index (χ0v) is 16.2. The number of likely N-dealkylation sites (N-methyl/N-ethyl adjacent to an activating group) is 1. The Morgan fingerprint density at radius 3 is 2.77 bits per heavy atom. The number of pyridine rings is 1. The Balaban J connectivity index is 0.00000242. The first kappa shape index (κ1) is 18.9. The van der Waals surface area contributed by atoms with Crippen molar-refractivity contribution >= 4 is 41.3 Å². The van der Waals surface area contributed by atoms with E-state index in [1.165, 1.54) is 4.88 Å². The molecule has 0 saturated carbocycles. The van der Waals surface area contributed by atoms with Gasteiger partial charge in [-0.1, -0.05) is 12.1 Å².